The van der Waals surface area contributed by atoms with Crippen LogP contribution in [0.5, 0.6) is 0 Å². The van der Waals surface area contributed by atoms with Crippen molar-refractivity contribution in [1.82, 2.24) is 29.3 Å². The van der Waals surface area contributed by atoms with Crippen molar-refractivity contribution in [2.75, 3.05) is 30.3 Å². The third-order valence-electron chi connectivity index (χ3n) is 6.38. The number of nitrogens with one attached hydrogen (secondary N) is 3. The number of fused-ring (bicyclic) bond motifs is 2. The smallest absolute Gasteiger partial charge is 0.163 e. The molecule has 2 atom stereocenters. The molecule has 11 heteroatoms. The van der Waals surface area contributed by atoms with Gasteiger partial charge < -0.3 is 25.5 Å². The summed E-state index contributed by atoms with van der Waals surface area (Å²) in [5.74, 6) is 1.63. The molecule has 34 heavy (non-hydrogen) atoms. The lowest BCUT2D eigenvalue weighted by atomic mass is 9.60. The number of aliphatic hydroxyl groups is 1. The van der Waals surface area contributed by atoms with Gasteiger partial charge in [-0.15, -0.1) is 0 Å². The number of β-amino-alcohol motifs (C(OH)–C–C–N with tert-alkyl or cyclic N) is 1. The van der Waals surface area contributed by atoms with Crippen LogP contribution in [0.15, 0.2) is 42.9 Å². The second kappa shape index (κ2) is 8.96. The molecule has 0 saturated carbocycles. The van der Waals surface area contributed by atoms with Gasteiger partial charge in [0.25, 0.3) is 0 Å². The Labute approximate surface area is 201 Å². The Kier molecular flexibility index (Phi) is 5.99. The highest BCUT2D eigenvalue weighted by molar-refractivity contribution is 6.41. The second-order valence-corrected chi connectivity index (χ2v) is 9.30. The molecule has 4 N–H and O–H groups in total. The first-order valence-electron chi connectivity index (χ1n) is 11.6. The van der Waals surface area contributed by atoms with E-state index in [2.05, 4.69) is 39.9 Å². The fraction of sp³-hybridized carbons (Fsp3) is 0.435. The van der Waals surface area contributed by atoms with Gasteiger partial charge in [-0.25, -0.2) is 9.97 Å². The number of pyridine rings is 1. The van der Waals surface area contributed by atoms with E-state index in [1.54, 1.807) is 10.7 Å². The van der Waals surface area contributed by atoms with Crippen molar-refractivity contribution < 1.29 is 5.11 Å². The Hall–Kier alpha value is -3.04. The molecule has 0 aliphatic carbocycles. The Balaban J connectivity index is 1.48. The summed E-state index contributed by atoms with van der Waals surface area (Å²) in [6.07, 6.45) is 6.03. The zero-order valence-corrected chi connectivity index (χ0v) is 19.4. The number of hydrogen-bond donors (Lipinski definition) is 4. The predicted octanol–water partition coefficient (Wildman–Crippen LogP) is 1.44. The van der Waals surface area contributed by atoms with Crippen molar-refractivity contribution in [2.24, 2.45) is 5.92 Å². The highest BCUT2D eigenvalue weighted by atomic mass is 16.3. The molecule has 0 amide bonds. The number of hydrogen-bond acceptors (Lipinski definition) is 7. The molecule has 9 nitrogen and oxygen atoms in total. The third-order valence-corrected chi connectivity index (χ3v) is 6.38. The zero-order valence-electron chi connectivity index (χ0n) is 19.4. The van der Waals surface area contributed by atoms with E-state index in [9.17, 15) is 5.11 Å². The Morgan fingerprint density at radius 2 is 2.15 bits per heavy atom. The average molecular weight is 454 g/mol. The van der Waals surface area contributed by atoms with Gasteiger partial charge in [-0.2, -0.15) is 9.61 Å². The first-order valence-corrected chi connectivity index (χ1v) is 11.6. The van der Waals surface area contributed by atoms with Crippen LogP contribution < -0.4 is 16.0 Å². The summed E-state index contributed by atoms with van der Waals surface area (Å²) in [6, 6.07) is 7.56. The number of aliphatic hydroxyl groups excluding tert-OH is 1. The summed E-state index contributed by atoms with van der Waals surface area (Å²) in [5.41, 5.74) is 2.98. The second-order valence-electron chi connectivity index (χ2n) is 9.30. The van der Waals surface area contributed by atoms with Crippen molar-refractivity contribution in [3.63, 3.8) is 0 Å². The van der Waals surface area contributed by atoms with Gasteiger partial charge in [0.05, 0.1) is 33.7 Å². The quantitative estimate of drug-likeness (QED) is 0.314. The lowest BCUT2D eigenvalue weighted by Gasteiger charge is -2.29. The van der Waals surface area contributed by atoms with Gasteiger partial charge in [0.15, 0.2) is 5.65 Å². The lowest BCUT2D eigenvalue weighted by molar-refractivity contribution is 0.0883. The van der Waals surface area contributed by atoms with Crippen LogP contribution in [-0.4, -0.2) is 70.5 Å². The molecule has 0 spiro atoms. The van der Waals surface area contributed by atoms with Crippen molar-refractivity contribution in [2.45, 2.75) is 37.6 Å². The number of nitrogens with zero attached hydrogens (tertiary/aromatic N) is 5. The number of piperidine rings is 1. The van der Waals surface area contributed by atoms with Crippen molar-refractivity contribution in [3.05, 3.63) is 54.1 Å². The van der Waals surface area contributed by atoms with Crippen LogP contribution in [0.3, 0.4) is 0 Å². The maximum Gasteiger partial charge on any atom is 0.163 e. The summed E-state index contributed by atoms with van der Waals surface area (Å²) in [6.45, 7) is 6.31. The third kappa shape index (κ3) is 4.37. The first kappa shape index (κ1) is 22.7. The van der Waals surface area contributed by atoms with Gasteiger partial charge in [0, 0.05) is 48.4 Å². The predicted molar refractivity (Wildman–Crippen MR) is 135 cm³/mol. The van der Waals surface area contributed by atoms with E-state index in [0.717, 1.165) is 29.8 Å². The van der Waals surface area contributed by atoms with E-state index < -0.39 is 5.34 Å². The minimum Gasteiger partial charge on any atom is -0.391 e. The molecule has 4 radical (unpaired) electrons. The molecule has 172 valence electrons. The number of imidazole rings is 1. The van der Waals surface area contributed by atoms with Crippen molar-refractivity contribution in [3.8, 4) is 0 Å². The molecule has 1 aliphatic rings. The van der Waals surface area contributed by atoms with Gasteiger partial charge in [0.1, 0.15) is 17.3 Å². The fourth-order valence-corrected chi connectivity index (χ4v) is 4.35. The van der Waals surface area contributed by atoms with Crippen LogP contribution in [0.4, 0.5) is 11.6 Å². The Morgan fingerprint density at radius 3 is 2.91 bits per heavy atom. The minimum absolute atomic E-state index is 0.145. The molecule has 4 aromatic heterocycles. The van der Waals surface area contributed by atoms with Gasteiger partial charge in [-0.1, -0.05) is 19.9 Å². The van der Waals surface area contributed by atoms with Crippen molar-refractivity contribution >= 4 is 38.6 Å². The first-order chi connectivity index (χ1) is 16.3. The van der Waals surface area contributed by atoms with Crippen molar-refractivity contribution in [1.29, 1.82) is 0 Å². The lowest BCUT2D eigenvalue weighted by Crippen LogP contribution is -2.43. The largest absolute Gasteiger partial charge is 0.391 e. The Bertz CT molecular complexity index is 1270. The highest BCUT2D eigenvalue weighted by Gasteiger charge is 2.26. The molecule has 1 saturated heterocycles. The monoisotopic (exact) mass is 454 g/mol. The van der Waals surface area contributed by atoms with E-state index in [-0.39, 0.29) is 17.9 Å². The molecule has 5 heterocycles. The maximum atomic E-state index is 10.3. The van der Waals surface area contributed by atoms with Gasteiger partial charge >= 0.3 is 0 Å². The summed E-state index contributed by atoms with van der Waals surface area (Å²) in [7, 11) is 13.0. The van der Waals surface area contributed by atoms with Crippen LogP contribution in [0.1, 0.15) is 37.4 Å². The highest BCUT2D eigenvalue weighted by Crippen LogP contribution is 2.27. The number of rotatable bonds is 7. The molecule has 0 aromatic carbocycles. The van der Waals surface area contributed by atoms with Crippen LogP contribution in [0.25, 0.3) is 11.3 Å². The normalized spacial score (nSPS) is 19.2. The van der Waals surface area contributed by atoms with Gasteiger partial charge in [-0.05, 0) is 31.0 Å². The summed E-state index contributed by atoms with van der Waals surface area (Å²) in [4.78, 5) is 9.39. The van der Waals surface area contributed by atoms with E-state index >= 15 is 0 Å². The summed E-state index contributed by atoms with van der Waals surface area (Å²) >= 11 is 0. The molecule has 5 rings (SSSR count). The zero-order chi connectivity index (χ0) is 23.9. The molecule has 1 fully saturated rings. The maximum absolute atomic E-state index is 10.3. The standard InChI is InChI=1S/C23H28B2N8O/c1-14(2)16-11-28-33-21(31-23(24,25)18-13-32-8-4-3-5-20(32)29-18)9-19(30-22(16)33)27-10-15-6-7-26-12-17(15)34/h3-5,8-9,11,13-15,17,26,31,34H,6-7,10,12H2,1-2H3,(H,27,30)/t15-,17+/m1/s1. The molecule has 1 aliphatic heterocycles. The molecular formula is C23H28B2N8O. The van der Waals surface area contributed by atoms with Gasteiger partial charge in [0.2, 0.25) is 0 Å². The molecule has 4 aromatic rings. The van der Waals surface area contributed by atoms with E-state index in [1.165, 1.54) is 0 Å². The van der Waals surface area contributed by atoms with Crippen LogP contribution in [0.2, 0.25) is 0 Å². The molecular weight excluding hydrogens is 426 g/mol. The summed E-state index contributed by atoms with van der Waals surface area (Å²) < 4.78 is 3.58. The average Bonchev–Trinajstić information content (AvgIpc) is 3.43. The van der Waals surface area contributed by atoms with E-state index in [1.807, 2.05) is 41.1 Å². The van der Waals surface area contributed by atoms with E-state index in [4.69, 9.17) is 20.7 Å². The van der Waals surface area contributed by atoms with Crippen LogP contribution >= 0.6 is 0 Å². The minimum atomic E-state index is -1.45. The van der Waals surface area contributed by atoms with Crippen LogP contribution in [-0.2, 0) is 5.34 Å². The van der Waals surface area contributed by atoms with Gasteiger partial charge in [-0.3, -0.25) is 0 Å². The fourth-order valence-electron chi connectivity index (χ4n) is 4.35. The topological polar surface area (TPSA) is 104 Å². The SMILES string of the molecule is [B]C([B])(Nc1cc(NC[C@H]2CCNC[C@@H]2O)nc2c(C(C)C)cnn12)c1cn2ccccc2n1. The molecule has 0 bridgehead atoms. The summed E-state index contributed by atoms with van der Waals surface area (Å²) in [5, 5.41) is 23.2. The number of anilines is 2. The van der Waals surface area contributed by atoms with E-state index in [0.29, 0.717) is 30.4 Å². The molecule has 0 unspecified atom stereocenters. The Morgan fingerprint density at radius 1 is 1.29 bits per heavy atom. The van der Waals surface area contributed by atoms with Crippen LogP contribution in [0, 0.1) is 5.92 Å². The number of aromatic nitrogens is 5.